The average molecular weight is 288 g/mol. The van der Waals surface area contributed by atoms with Gasteiger partial charge in [-0.25, -0.2) is 4.79 Å². The van der Waals surface area contributed by atoms with Crippen LogP contribution in [0.2, 0.25) is 0 Å². The van der Waals surface area contributed by atoms with E-state index >= 15 is 0 Å². The van der Waals surface area contributed by atoms with Crippen LogP contribution in [0.3, 0.4) is 0 Å². The predicted molar refractivity (Wildman–Crippen MR) is 76.9 cm³/mol. The number of hydrogen-bond acceptors (Lipinski definition) is 3. The van der Waals surface area contributed by atoms with E-state index in [9.17, 15) is 9.59 Å². The molecule has 1 aromatic heterocycles. The molecule has 0 aliphatic heterocycles. The number of benzene rings is 1. The summed E-state index contributed by atoms with van der Waals surface area (Å²) in [4.78, 5) is 22.4. The Kier molecular flexibility index (Phi) is 4.55. The molecule has 110 valence electrons. The van der Waals surface area contributed by atoms with Crippen LogP contribution in [0.4, 0.5) is 10.5 Å². The summed E-state index contributed by atoms with van der Waals surface area (Å²) in [6.45, 7) is 1.63. The Morgan fingerprint density at radius 1 is 1.33 bits per heavy atom. The minimum absolute atomic E-state index is 0.139. The normalized spacial score (nSPS) is 11.7. The minimum Gasteiger partial charge on any atom is -0.480 e. The van der Waals surface area contributed by atoms with Gasteiger partial charge in [0, 0.05) is 6.20 Å². The number of nitrogens with one attached hydrogen (secondary N) is 2. The average Bonchev–Trinajstić information content (AvgIpc) is 2.85. The second-order valence-electron chi connectivity index (χ2n) is 4.55. The van der Waals surface area contributed by atoms with Gasteiger partial charge in [0.25, 0.3) is 0 Å². The first kappa shape index (κ1) is 14.6. The Labute approximate surface area is 121 Å². The Morgan fingerprint density at radius 3 is 2.71 bits per heavy atom. The molecule has 0 aliphatic rings. The summed E-state index contributed by atoms with van der Waals surface area (Å²) in [5, 5.41) is 17.9. The number of aliphatic carboxylic acids is 1. The molecule has 2 rings (SSSR count). The van der Waals surface area contributed by atoms with E-state index in [1.807, 2.05) is 37.3 Å². The molecule has 1 atom stereocenters. The summed E-state index contributed by atoms with van der Waals surface area (Å²) < 4.78 is 1.23. The molecule has 0 bridgehead atoms. The van der Waals surface area contributed by atoms with Crippen molar-refractivity contribution < 1.29 is 14.7 Å². The fourth-order valence-electron chi connectivity index (χ4n) is 1.84. The van der Waals surface area contributed by atoms with E-state index in [1.54, 1.807) is 0 Å². The number of hydrogen-bond donors (Lipinski definition) is 3. The number of carbonyl (C=O) groups is 2. The smallest absolute Gasteiger partial charge is 0.325 e. The number of urea groups is 1. The van der Waals surface area contributed by atoms with E-state index in [-0.39, 0.29) is 18.6 Å². The molecule has 3 N–H and O–H groups in total. The summed E-state index contributed by atoms with van der Waals surface area (Å²) in [5.41, 5.74) is 1.43. The van der Waals surface area contributed by atoms with E-state index in [2.05, 4.69) is 15.7 Å². The number of nitrogens with zero attached hydrogens (tertiary/aromatic N) is 2. The maximum absolute atomic E-state index is 11.9. The molecule has 1 unspecified atom stereocenters. The zero-order valence-corrected chi connectivity index (χ0v) is 11.5. The molecule has 7 heteroatoms. The third kappa shape index (κ3) is 4.34. The molecule has 2 aromatic rings. The van der Waals surface area contributed by atoms with Gasteiger partial charge in [0.05, 0.1) is 17.9 Å². The zero-order valence-electron chi connectivity index (χ0n) is 11.5. The molecule has 7 nitrogen and oxygen atoms in total. The van der Waals surface area contributed by atoms with E-state index in [4.69, 9.17) is 5.11 Å². The molecule has 1 heterocycles. The largest absolute Gasteiger partial charge is 0.480 e. The first-order valence-corrected chi connectivity index (χ1v) is 6.41. The summed E-state index contributed by atoms with van der Waals surface area (Å²) in [6, 6.07) is 9.06. The highest BCUT2D eigenvalue weighted by Gasteiger charge is 2.10. The second-order valence-corrected chi connectivity index (χ2v) is 4.55. The van der Waals surface area contributed by atoms with Crippen LogP contribution in [0, 0.1) is 0 Å². The Bertz CT molecular complexity index is 624. The lowest BCUT2D eigenvalue weighted by molar-refractivity contribution is -0.137. The molecule has 0 saturated heterocycles. The van der Waals surface area contributed by atoms with Crippen LogP contribution < -0.4 is 10.6 Å². The molecule has 0 saturated carbocycles. The van der Waals surface area contributed by atoms with Gasteiger partial charge in [-0.1, -0.05) is 30.3 Å². The maximum Gasteiger partial charge on any atom is 0.325 e. The van der Waals surface area contributed by atoms with Crippen molar-refractivity contribution in [2.75, 3.05) is 5.32 Å². The summed E-state index contributed by atoms with van der Waals surface area (Å²) in [7, 11) is 0. The van der Waals surface area contributed by atoms with Gasteiger partial charge >= 0.3 is 12.0 Å². The lowest BCUT2D eigenvalue weighted by Crippen LogP contribution is -2.31. The van der Waals surface area contributed by atoms with E-state index in [0.717, 1.165) is 5.56 Å². The number of aromatic nitrogens is 2. The van der Waals surface area contributed by atoms with Gasteiger partial charge in [0.15, 0.2) is 0 Å². The van der Waals surface area contributed by atoms with Crippen LogP contribution in [-0.2, 0) is 11.3 Å². The number of carboxylic acids is 1. The highest BCUT2D eigenvalue weighted by atomic mass is 16.4. The maximum atomic E-state index is 11.9. The van der Waals surface area contributed by atoms with Crippen molar-refractivity contribution in [1.82, 2.24) is 15.1 Å². The summed E-state index contributed by atoms with van der Waals surface area (Å²) >= 11 is 0. The van der Waals surface area contributed by atoms with E-state index in [1.165, 1.54) is 17.1 Å². The molecular weight excluding hydrogens is 272 g/mol. The molecule has 0 aliphatic carbocycles. The third-order valence-corrected chi connectivity index (χ3v) is 2.84. The highest BCUT2D eigenvalue weighted by molar-refractivity contribution is 5.89. The van der Waals surface area contributed by atoms with Crippen LogP contribution in [-0.4, -0.2) is 26.9 Å². The first-order chi connectivity index (χ1) is 10.0. The molecule has 0 spiro atoms. The Morgan fingerprint density at radius 2 is 2.05 bits per heavy atom. The lowest BCUT2D eigenvalue weighted by atomic mass is 10.1. The van der Waals surface area contributed by atoms with Crippen molar-refractivity contribution in [3.05, 3.63) is 48.3 Å². The zero-order chi connectivity index (χ0) is 15.2. The molecular formula is C14H16N4O3. The lowest BCUT2D eigenvalue weighted by Gasteiger charge is -2.14. The number of rotatable bonds is 5. The van der Waals surface area contributed by atoms with Gasteiger partial charge in [0.2, 0.25) is 0 Å². The molecule has 0 fully saturated rings. The second kappa shape index (κ2) is 6.56. The van der Waals surface area contributed by atoms with Gasteiger partial charge in [-0.2, -0.15) is 5.10 Å². The van der Waals surface area contributed by atoms with Crippen LogP contribution >= 0.6 is 0 Å². The van der Waals surface area contributed by atoms with E-state index in [0.29, 0.717) is 5.69 Å². The van der Waals surface area contributed by atoms with Crippen molar-refractivity contribution in [2.24, 2.45) is 0 Å². The quantitative estimate of drug-likeness (QED) is 0.782. The number of carboxylic acid groups (broad SMARTS) is 1. The van der Waals surface area contributed by atoms with Crippen molar-refractivity contribution >= 4 is 17.7 Å². The molecule has 0 radical (unpaired) electrons. The number of carbonyl (C=O) groups excluding carboxylic acids is 1. The number of amides is 2. The van der Waals surface area contributed by atoms with Crippen LogP contribution in [0.25, 0.3) is 0 Å². The fraction of sp³-hybridized carbons (Fsp3) is 0.214. The SMILES string of the molecule is CC(NC(=O)Nc1cnn(CC(=O)O)c1)c1ccccc1. The Balaban J connectivity index is 1.89. The van der Waals surface area contributed by atoms with Gasteiger partial charge in [0.1, 0.15) is 6.54 Å². The summed E-state index contributed by atoms with van der Waals surface area (Å²) in [6.07, 6.45) is 2.86. The monoisotopic (exact) mass is 288 g/mol. The van der Waals surface area contributed by atoms with Crippen LogP contribution in [0.1, 0.15) is 18.5 Å². The molecule has 2 amide bonds. The minimum atomic E-state index is -0.994. The van der Waals surface area contributed by atoms with Crippen molar-refractivity contribution in [3.8, 4) is 0 Å². The molecule has 21 heavy (non-hydrogen) atoms. The first-order valence-electron chi connectivity index (χ1n) is 6.41. The topological polar surface area (TPSA) is 96.3 Å². The van der Waals surface area contributed by atoms with Crippen LogP contribution in [0.15, 0.2) is 42.7 Å². The fourth-order valence-corrected chi connectivity index (χ4v) is 1.84. The number of anilines is 1. The van der Waals surface area contributed by atoms with Gasteiger partial charge in [-0.05, 0) is 12.5 Å². The van der Waals surface area contributed by atoms with E-state index < -0.39 is 5.97 Å². The molecule has 1 aromatic carbocycles. The standard InChI is InChI=1S/C14H16N4O3/c1-10(11-5-3-2-4-6-11)16-14(21)17-12-7-15-18(8-12)9-13(19)20/h2-8,10H,9H2,1H3,(H,19,20)(H2,16,17,21). The van der Waals surface area contributed by atoms with Crippen LogP contribution in [0.5, 0.6) is 0 Å². The van der Waals surface area contributed by atoms with Crippen molar-refractivity contribution in [3.63, 3.8) is 0 Å². The van der Waals surface area contributed by atoms with Crippen molar-refractivity contribution in [2.45, 2.75) is 19.5 Å². The summed E-state index contributed by atoms with van der Waals surface area (Å²) in [5.74, 6) is -0.994. The van der Waals surface area contributed by atoms with Crippen molar-refractivity contribution in [1.29, 1.82) is 0 Å². The highest BCUT2D eigenvalue weighted by Crippen LogP contribution is 2.11. The van der Waals surface area contributed by atoms with Gasteiger partial charge < -0.3 is 15.7 Å². The van der Waals surface area contributed by atoms with Gasteiger partial charge in [-0.3, -0.25) is 9.48 Å². The van der Waals surface area contributed by atoms with Gasteiger partial charge in [-0.15, -0.1) is 0 Å². The predicted octanol–water partition coefficient (Wildman–Crippen LogP) is 1.85. The Hall–Kier alpha value is -2.83. The third-order valence-electron chi connectivity index (χ3n) is 2.84.